The Labute approximate surface area is 108 Å². The van der Waals surface area contributed by atoms with Gasteiger partial charge >= 0.3 is 0 Å². The van der Waals surface area contributed by atoms with E-state index in [1.54, 1.807) is 18.2 Å². The highest BCUT2D eigenvalue weighted by atomic mass is 32.2. The zero-order chi connectivity index (χ0) is 13.0. The van der Waals surface area contributed by atoms with Crippen molar-refractivity contribution in [3.63, 3.8) is 0 Å². The van der Waals surface area contributed by atoms with Crippen LogP contribution >= 0.6 is 0 Å². The Morgan fingerprint density at radius 3 is 3.06 bits per heavy atom. The standard InChI is InChI=1S/C13H17NO3S/c1-2-3-4-8-14-18(15,16)12-5-6-13-11(10-12)7-9-17-13/h2-3,5-6,10,14H,4,7-9H2,1H3/b3-2+. The summed E-state index contributed by atoms with van der Waals surface area (Å²) >= 11 is 0. The maximum Gasteiger partial charge on any atom is 0.240 e. The average molecular weight is 267 g/mol. The zero-order valence-electron chi connectivity index (χ0n) is 10.3. The van der Waals surface area contributed by atoms with Gasteiger partial charge in [-0.25, -0.2) is 13.1 Å². The Morgan fingerprint density at radius 2 is 2.28 bits per heavy atom. The third-order valence-electron chi connectivity index (χ3n) is 2.81. The van der Waals surface area contributed by atoms with Crippen LogP contribution in [-0.4, -0.2) is 21.6 Å². The molecule has 98 valence electrons. The molecule has 5 heteroatoms. The number of hydrogen-bond acceptors (Lipinski definition) is 3. The monoisotopic (exact) mass is 267 g/mol. The van der Waals surface area contributed by atoms with E-state index in [-0.39, 0.29) is 0 Å². The van der Waals surface area contributed by atoms with Gasteiger partial charge in [-0.15, -0.1) is 0 Å². The van der Waals surface area contributed by atoms with Crippen LogP contribution in [0.25, 0.3) is 0 Å². The smallest absolute Gasteiger partial charge is 0.240 e. The van der Waals surface area contributed by atoms with Crippen LogP contribution in [0.3, 0.4) is 0 Å². The molecule has 0 amide bonds. The number of rotatable bonds is 5. The van der Waals surface area contributed by atoms with Crippen molar-refractivity contribution in [1.29, 1.82) is 0 Å². The Bertz CT molecular complexity index is 549. The molecule has 1 aromatic carbocycles. The fourth-order valence-corrected chi connectivity index (χ4v) is 2.95. The zero-order valence-corrected chi connectivity index (χ0v) is 11.2. The minimum atomic E-state index is -3.40. The van der Waals surface area contributed by atoms with Gasteiger partial charge in [0.05, 0.1) is 11.5 Å². The second-order valence-corrected chi connectivity index (χ2v) is 5.89. The van der Waals surface area contributed by atoms with Gasteiger partial charge in [-0.3, -0.25) is 0 Å². The molecule has 1 N–H and O–H groups in total. The first-order chi connectivity index (χ1) is 8.63. The molecule has 0 spiro atoms. The molecule has 1 heterocycles. The minimum absolute atomic E-state index is 0.312. The van der Waals surface area contributed by atoms with E-state index in [0.717, 1.165) is 17.7 Å². The van der Waals surface area contributed by atoms with Gasteiger partial charge in [0.2, 0.25) is 10.0 Å². The SMILES string of the molecule is C/C=C/CCNS(=O)(=O)c1ccc2c(c1)CCO2. The van der Waals surface area contributed by atoms with Crippen LogP contribution in [0.2, 0.25) is 0 Å². The quantitative estimate of drug-likeness (QED) is 0.654. The van der Waals surface area contributed by atoms with Gasteiger partial charge in [0.1, 0.15) is 5.75 Å². The van der Waals surface area contributed by atoms with Gasteiger partial charge in [0.25, 0.3) is 0 Å². The fourth-order valence-electron chi connectivity index (χ4n) is 1.86. The molecule has 0 saturated heterocycles. The van der Waals surface area contributed by atoms with Crippen molar-refractivity contribution in [2.45, 2.75) is 24.7 Å². The highest BCUT2D eigenvalue weighted by Gasteiger charge is 2.18. The lowest BCUT2D eigenvalue weighted by molar-refractivity contribution is 0.356. The molecular weight excluding hydrogens is 250 g/mol. The maximum absolute atomic E-state index is 12.0. The van der Waals surface area contributed by atoms with Crippen LogP contribution in [0.1, 0.15) is 18.9 Å². The van der Waals surface area contributed by atoms with E-state index in [0.29, 0.717) is 24.5 Å². The summed E-state index contributed by atoms with van der Waals surface area (Å²) in [5.41, 5.74) is 0.964. The van der Waals surface area contributed by atoms with E-state index in [9.17, 15) is 8.42 Å². The van der Waals surface area contributed by atoms with E-state index in [2.05, 4.69) is 4.72 Å². The Kier molecular flexibility index (Phi) is 4.04. The molecule has 1 aliphatic heterocycles. The van der Waals surface area contributed by atoms with Crippen molar-refractivity contribution in [1.82, 2.24) is 4.72 Å². The third kappa shape index (κ3) is 2.91. The summed E-state index contributed by atoms with van der Waals surface area (Å²) in [4.78, 5) is 0.312. The molecule has 0 aromatic heterocycles. The number of benzene rings is 1. The fraction of sp³-hybridized carbons (Fsp3) is 0.385. The topological polar surface area (TPSA) is 55.4 Å². The Hall–Kier alpha value is -1.33. The van der Waals surface area contributed by atoms with Crippen molar-refractivity contribution in [3.8, 4) is 5.75 Å². The van der Waals surface area contributed by atoms with Crippen LogP contribution < -0.4 is 9.46 Å². The molecule has 0 saturated carbocycles. The lowest BCUT2D eigenvalue weighted by Gasteiger charge is -2.07. The Balaban J connectivity index is 2.10. The first-order valence-electron chi connectivity index (χ1n) is 6.00. The molecule has 0 aliphatic carbocycles. The van der Waals surface area contributed by atoms with E-state index in [4.69, 9.17) is 4.74 Å². The summed E-state index contributed by atoms with van der Waals surface area (Å²) in [6.45, 7) is 2.96. The summed E-state index contributed by atoms with van der Waals surface area (Å²) < 4.78 is 32.0. The molecule has 18 heavy (non-hydrogen) atoms. The lowest BCUT2D eigenvalue weighted by Crippen LogP contribution is -2.24. The second-order valence-electron chi connectivity index (χ2n) is 4.12. The number of sulfonamides is 1. The van der Waals surface area contributed by atoms with Gasteiger partial charge < -0.3 is 4.74 Å². The summed E-state index contributed by atoms with van der Waals surface area (Å²) in [6, 6.07) is 5.01. The number of ether oxygens (including phenoxy) is 1. The number of allylic oxidation sites excluding steroid dienone is 1. The van der Waals surface area contributed by atoms with Crippen LogP contribution in [-0.2, 0) is 16.4 Å². The van der Waals surface area contributed by atoms with Gasteiger partial charge in [-0.1, -0.05) is 12.2 Å². The van der Waals surface area contributed by atoms with Gasteiger partial charge in [0, 0.05) is 13.0 Å². The number of fused-ring (bicyclic) bond motifs is 1. The van der Waals surface area contributed by atoms with Crippen molar-refractivity contribution >= 4 is 10.0 Å². The molecule has 0 unspecified atom stereocenters. The predicted octanol–water partition coefficient (Wildman–Crippen LogP) is 1.87. The molecule has 0 radical (unpaired) electrons. The van der Waals surface area contributed by atoms with E-state index in [1.807, 2.05) is 19.1 Å². The molecule has 0 atom stereocenters. The summed E-state index contributed by atoms with van der Waals surface area (Å²) in [5.74, 6) is 0.794. The van der Waals surface area contributed by atoms with Gasteiger partial charge in [-0.2, -0.15) is 0 Å². The molecule has 0 fully saturated rings. The largest absolute Gasteiger partial charge is 0.493 e. The third-order valence-corrected chi connectivity index (χ3v) is 4.27. The summed E-state index contributed by atoms with van der Waals surface area (Å²) in [6.07, 6.45) is 5.31. The van der Waals surface area contributed by atoms with Crippen LogP contribution in [0, 0.1) is 0 Å². The van der Waals surface area contributed by atoms with Crippen molar-refractivity contribution in [2.75, 3.05) is 13.2 Å². The van der Waals surface area contributed by atoms with Crippen LogP contribution in [0.15, 0.2) is 35.2 Å². The van der Waals surface area contributed by atoms with Gasteiger partial charge in [0.15, 0.2) is 0 Å². The lowest BCUT2D eigenvalue weighted by atomic mass is 10.2. The second kappa shape index (κ2) is 5.54. The minimum Gasteiger partial charge on any atom is -0.493 e. The molecular formula is C13H17NO3S. The first-order valence-corrected chi connectivity index (χ1v) is 7.48. The van der Waals surface area contributed by atoms with Crippen LogP contribution in [0.4, 0.5) is 0 Å². The predicted molar refractivity (Wildman–Crippen MR) is 70.3 cm³/mol. The number of hydrogen-bond donors (Lipinski definition) is 1. The maximum atomic E-state index is 12.0. The Morgan fingerprint density at radius 1 is 1.44 bits per heavy atom. The van der Waals surface area contributed by atoms with Crippen molar-refractivity contribution in [2.24, 2.45) is 0 Å². The molecule has 4 nitrogen and oxygen atoms in total. The van der Waals surface area contributed by atoms with Gasteiger partial charge in [-0.05, 0) is 37.1 Å². The summed E-state index contributed by atoms with van der Waals surface area (Å²) in [7, 11) is -3.40. The first kappa shape index (κ1) is 13.1. The molecule has 2 rings (SSSR count). The van der Waals surface area contributed by atoms with E-state index >= 15 is 0 Å². The highest BCUT2D eigenvalue weighted by Crippen LogP contribution is 2.27. The summed E-state index contributed by atoms with van der Waals surface area (Å²) in [5, 5.41) is 0. The van der Waals surface area contributed by atoms with E-state index < -0.39 is 10.0 Å². The number of nitrogens with one attached hydrogen (secondary N) is 1. The molecule has 1 aliphatic rings. The van der Waals surface area contributed by atoms with Crippen LogP contribution in [0.5, 0.6) is 5.75 Å². The van der Waals surface area contributed by atoms with E-state index in [1.165, 1.54) is 0 Å². The average Bonchev–Trinajstić information content (AvgIpc) is 2.82. The highest BCUT2D eigenvalue weighted by molar-refractivity contribution is 7.89. The normalized spacial score (nSPS) is 14.7. The van der Waals surface area contributed by atoms with Crippen molar-refractivity contribution < 1.29 is 13.2 Å². The molecule has 0 bridgehead atoms. The van der Waals surface area contributed by atoms with Crippen molar-refractivity contribution in [3.05, 3.63) is 35.9 Å². The molecule has 1 aromatic rings.